The first kappa shape index (κ1) is 9.52. The summed E-state index contributed by atoms with van der Waals surface area (Å²) in [6.45, 7) is 2.21. The summed E-state index contributed by atoms with van der Waals surface area (Å²) in [7, 11) is 0. The van der Waals surface area contributed by atoms with Crippen LogP contribution in [0.25, 0.3) is 0 Å². The topological polar surface area (TPSA) is 55.3 Å². The smallest absolute Gasteiger partial charge is 0.0568 e. The summed E-state index contributed by atoms with van der Waals surface area (Å²) in [4.78, 5) is 2.35. The van der Waals surface area contributed by atoms with Crippen LogP contribution in [0.1, 0.15) is 0 Å². The highest BCUT2D eigenvalue weighted by atomic mass is 32.2. The van der Waals surface area contributed by atoms with Crippen LogP contribution in [0, 0.1) is 0 Å². The molecule has 0 radical (unpaired) electrons. The molecule has 0 atom stereocenters. The number of hydrogen-bond acceptors (Lipinski definition) is 4. The maximum atomic E-state index is 5.77. The van der Waals surface area contributed by atoms with Crippen LogP contribution < -0.4 is 16.4 Å². The standard InChI is InChI=1S/C10H15N3S/c11-9-2-1-8(7-10(9)12)13-3-5-14-6-4-13/h1-2,7H,3-6,11-12H2. The van der Waals surface area contributed by atoms with Gasteiger partial charge >= 0.3 is 0 Å². The fraction of sp³-hybridized carbons (Fsp3) is 0.400. The molecule has 4 N–H and O–H groups in total. The summed E-state index contributed by atoms with van der Waals surface area (Å²) in [5, 5.41) is 0. The Kier molecular flexibility index (Phi) is 2.72. The lowest BCUT2D eigenvalue weighted by Gasteiger charge is -2.28. The van der Waals surface area contributed by atoms with Crippen molar-refractivity contribution < 1.29 is 0 Å². The van der Waals surface area contributed by atoms with Crippen molar-refractivity contribution in [3.63, 3.8) is 0 Å². The first-order valence-electron chi connectivity index (χ1n) is 4.75. The average molecular weight is 209 g/mol. The van der Waals surface area contributed by atoms with Gasteiger partial charge < -0.3 is 16.4 Å². The van der Waals surface area contributed by atoms with Crippen molar-refractivity contribution in [1.82, 2.24) is 0 Å². The van der Waals surface area contributed by atoms with Gasteiger partial charge in [0, 0.05) is 30.3 Å². The van der Waals surface area contributed by atoms with E-state index in [0.717, 1.165) is 13.1 Å². The SMILES string of the molecule is Nc1ccc(N2CCSCC2)cc1N. The summed E-state index contributed by atoms with van der Waals surface area (Å²) in [6.07, 6.45) is 0. The molecule has 0 saturated carbocycles. The number of nitrogen functional groups attached to an aromatic ring is 2. The van der Waals surface area contributed by atoms with Crippen LogP contribution in [0.2, 0.25) is 0 Å². The average Bonchev–Trinajstić information content (AvgIpc) is 2.23. The van der Waals surface area contributed by atoms with Crippen molar-refractivity contribution in [3.8, 4) is 0 Å². The van der Waals surface area contributed by atoms with Gasteiger partial charge in [0.2, 0.25) is 0 Å². The van der Waals surface area contributed by atoms with Gasteiger partial charge in [-0.3, -0.25) is 0 Å². The lowest BCUT2D eigenvalue weighted by atomic mass is 10.2. The molecule has 0 spiro atoms. The van der Waals surface area contributed by atoms with Crippen LogP contribution in [0.15, 0.2) is 18.2 Å². The van der Waals surface area contributed by atoms with Crippen LogP contribution in [0.3, 0.4) is 0 Å². The van der Waals surface area contributed by atoms with Gasteiger partial charge in [-0.1, -0.05) is 0 Å². The highest BCUT2D eigenvalue weighted by Crippen LogP contribution is 2.24. The molecule has 1 fully saturated rings. The summed E-state index contributed by atoms with van der Waals surface area (Å²) in [5.74, 6) is 2.40. The van der Waals surface area contributed by atoms with Crippen molar-refractivity contribution in [3.05, 3.63) is 18.2 Å². The minimum absolute atomic E-state index is 0.667. The molecule has 1 aliphatic heterocycles. The zero-order valence-electron chi connectivity index (χ0n) is 8.07. The third kappa shape index (κ3) is 1.90. The van der Waals surface area contributed by atoms with Gasteiger partial charge in [0.05, 0.1) is 11.4 Å². The highest BCUT2D eigenvalue weighted by Gasteiger charge is 2.11. The molecule has 0 amide bonds. The number of nitrogens with zero attached hydrogens (tertiary/aromatic N) is 1. The number of benzene rings is 1. The minimum Gasteiger partial charge on any atom is -0.397 e. The molecule has 2 rings (SSSR count). The number of hydrogen-bond donors (Lipinski definition) is 2. The van der Waals surface area contributed by atoms with Crippen molar-refractivity contribution in [1.29, 1.82) is 0 Å². The van der Waals surface area contributed by atoms with Crippen molar-refractivity contribution in [2.75, 3.05) is 41.0 Å². The fourth-order valence-corrected chi connectivity index (χ4v) is 2.48. The molecule has 1 aromatic carbocycles. The van der Waals surface area contributed by atoms with Gasteiger partial charge in [0.1, 0.15) is 0 Å². The minimum atomic E-state index is 0.667. The van der Waals surface area contributed by atoms with E-state index >= 15 is 0 Å². The van der Waals surface area contributed by atoms with Crippen LogP contribution in [-0.4, -0.2) is 24.6 Å². The van der Waals surface area contributed by atoms with E-state index in [0.29, 0.717) is 11.4 Å². The second-order valence-electron chi connectivity index (χ2n) is 3.41. The number of rotatable bonds is 1. The zero-order valence-corrected chi connectivity index (χ0v) is 8.89. The van der Waals surface area contributed by atoms with Crippen LogP contribution in [0.4, 0.5) is 17.1 Å². The quantitative estimate of drug-likeness (QED) is 0.687. The van der Waals surface area contributed by atoms with Crippen LogP contribution >= 0.6 is 11.8 Å². The first-order chi connectivity index (χ1) is 6.77. The predicted octanol–water partition coefficient (Wildman–Crippen LogP) is 1.40. The van der Waals surface area contributed by atoms with E-state index in [1.54, 1.807) is 0 Å². The Bertz CT molecular complexity index is 321. The lowest BCUT2D eigenvalue weighted by molar-refractivity contribution is 0.859. The van der Waals surface area contributed by atoms with Gasteiger partial charge in [-0.15, -0.1) is 0 Å². The van der Waals surface area contributed by atoms with E-state index in [9.17, 15) is 0 Å². The Labute approximate surface area is 88.4 Å². The molecular formula is C10H15N3S. The largest absolute Gasteiger partial charge is 0.397 e. The van der Waals surface area contributed by atoms with Gasteiger partial charge in [0.15, 0.2) is 0 Å². The molecule has 3 nitrogen and oxygen atoms in total. The van der Waals surface area contributed by atoms with Crippen molar-refractivity contribution >= 4 is 28.8 Å². The Morgan fingerprint density at radius 1 is 1.07 bits per heavy atom. The fourth-order valence-electron chi connectivity index (χ4n) is 1.58. The molecule has 0 bridgehead atoms. The van der Waals surface area contributed by atoms with E-state index in [1.165, 1.54) is 17.2 Å². The molecule has 14 heavy (non-hydrogen) atoms. The zero-order chi connectivity index (χ0) is 9.97. The third-order valence-electron chi connectivity index (χ3n) is 2.45. The second-order valence-corrected chi connectivity index (χ2v) is 4.64. The second kappa shape index (κ2) is 4.00. The predicted molar refractivity (Wildman–Crippen MR) is 64.8 cm³/mol. The molecule has 0 unspecified atom stereocenters. The molecular weight excluding hydrogens is 194 g/mol. The molecule has 1 heterocycles. The molecule has 0 aromatic heterocycles. The van der Waals surface area contributed by atoms with E-state index in [1.807, 2.05) is 30.0 Å². The van der Waals surface area contributed by atoms with Gasteiger partial charge in [-0.05, 0) is 18.2 Å². The lowest BCUT2D eigenvalue weighted by Crippen LogP contribution is -2.32. The van der Waals surface area contributed by atoms with E-state index in [-0.39, 0.29) is 0 Å². The van der Waals surface area contributed by atoms with Crippen LogP contribution in [0.5, 0.6) is 0 Å². The van der Waals surface area contributed by atoms with Gasteiger partial charge in [-0.2, -0.15) is 11.8 Å². The molecule has 4 heteroatoms. The Morgan fingerprint density at radius 3 is 2.43 bits per heavy atom. The Morgan fingerprint density at radius 2 is 1.79 bits per heavy atom. The van der Waals surface area contributed by atoms with E-state index in [4.69, 9.17) is 11.5 Å². The molecule has 0 aliphatic carbocycles. The summed E-state index contributed by atoms with van der Waals surface area (Å²) >= 11 is 2.00. The van der Waals surface area contributed by atoms with Crippen molar-refractivity contribution in [2.45, 2.75) is 0 Å². The van der Waals surface area contributed by atoms with E-state index < -0.39 is 0 Å². The Hall–Kier alpha value is -1.03. The van der Waals surface area contributed by atoms with Gasteiger partial charge in [0.25, 0.3) is 0 Å². The first-order valence-corrected chi connectivity index (χ1v) is 5.90. The van der Waals surface area contributed by atoms with E-state index in [2.05, 4.69) is 4.90 Å². The van der Waals surface area contributed by atoms with Gasteiger partial charge in [-0.25, -0.2) is 0 Å². The maximum absolute atomic E-state index is 5.77. The molecule has 76 valence electrons. The number of nitrogens with two attached hydrogens (primary N) is 2. The van der Waals surface area contributed by atoms with Crippen molar-refractivity contribution in [2.24, 2.45) is 0 Å². The summed E-state index contributed by atoms with van der Waals surface area (Å²) < 4.78 is 0. The number of thioether (sulfide) groups is 1. The highest BCUT2D eigenvalue weighted by molar-refractivity contribution is 7.99. The summed E-state index contributed by atoms with van der Waals surface area (Å²) in [6, 6.07) is 5.89. The Balaban J connectivity index is 2.18. The number of anilines is 3. The summed E-state index contributed by atoms with van der Waals surface area (Å²) in [5.41, 5.74) is 14.0. The normalized spacial score (nSPS) is 17.0. The monoisotopic (exact) mass is 209 g/mol. The third-order valence-corrected chi connectivity index (χ3v) is 3.39. The molecule has 1 saturated heterocycles. The van der Waals surface area contributed by atoms with Crippen LogP contribution in [-0.2, 0) is 0 Å². The maximum Gasteiger partial charge on any atom is 0.0568 e. The molecule has 1 aromatic rings. The molecule has 1 aliphatic rings.